The lowest BCUT2D eigenvalue weighted by Gasteiger charge is -2.22. The van der Waals surface area contributed by atoms with Gasteiger partial charge in [-0.2, -0.15) is 5.26 Å². The van der Waals surface area contributed by atoms with Gasteiger partial charge >= 0.3 is 0 Å². The lowest BCUT2D eigenvalue weighted by atomic mass is 10.1. The highest BCUT2D eigenvalue weighted by molar-refractivity contribution is 5.93. The van der Waals surface area contributed by atoms with Crippen LogP contribution in [-0.4, -0.2) is 17.4 Å². The number of aromatic nitrogens is 1. The van der Waals surface area contributed by atoms with Crippen molar-refractivity contribution in [3.63, 3.8) is 0 Å². The average Bonchev–Trinajstić information content (AvgIpc) is 2.56. The second-order valence-corrected chi connectivity index (χ2v) is 5.14. The summed E-state index contributed by atoms with van der Waals surface area (Å²) in [5.74, 6) is 0.0379. The van der Waals surface area contributed by atoms with Crippen LogP contribution in [0.5, 0.6) is 0 Å². The summed E-state index contributed by atoms with van der Waals surface area (Å²) in [5.41, 5.74) is 3.08. The van der Waals surface area contributed by atoms with E-state index in [4.69, 9.17) is 5.26 Å². The van der Waals surface area contributed by atoms with Gasteiger partial charge in [0.1, 0.15) is 0 Å². The van der Waals surface area contributed by atoms with E-state index >= 15 is 0 Å². The van der Waals surface area contributed by atoms with Crippen LogP contribution in [0.3, 0.4) is 0 Å². The molecule has 0 bridgehead atoms. The van der Waals surface area contributed by atoms with Crippen LogP contribution in [0, 0.1) is 18.3 Å². The molecule has 22 heavy (non-hydrogen) atoms. The predicted molar refractivity (Wildman–Crippen MR) is 86.3 cm³/mol. The first-order valence-electron chi connectivity index (χ1n) is 7.33. The largest absolute Gasteiger partial charge is 0.311 e. The summed E-state index contributed by atoms with van der Waals surface area (Å²) in [4.78, 5) is 18.2. The number of anilines is 1. The predicted octanol–water partition coefficient (Wildman–Crippen LogP) is 3.27. The number of amides is 1. The standard InChI is InChI=1S/C18H19N3O/c1-15-3-6-17(7-4-15)21(14-2-11-19)18(22)8-5-16-9-12-20-13-10-16/h3-4,6-7,9-10,12-13H,2,5,8,14H2,1H3. The first-order chi connectivity index (χ1) is 10.7. The second kappa shape index (κ2) is 7.94. The number of aryl methyl sites for hydroxylation is 2. The molecule has 1 aromatic heterocycles. The Morgan fingerprint density at radius 3 is 2.50 bits per heavy atom. The third-order valence-electron chi connectivity index (χ3n) is 3.47. The van der Waals surface area contributed by atoms with Crippen molar-refractivity contribution in [2.24, 2.45) is 0 Å². The third-order valence-corrected chi connectivity index (χ3v) is 3.47. The fourth-order valence-corrected chi connectivity index (χ4v) is 2.22. The zero-order valence-corrected chi connectivity index (χ0v) is 12.7. The number of nitriles is 1. The fraction of sp³-hybridized carbons (Fsp3) is 0.278. The van der Waals surface area contributed by atoms with Crippen LogP contribution in [0.2, 0.25) is 0 Å². The maximum atomic E-state index is 12.5. The Morgan fingerprint density at radius 2 is 1.86 bits per heavy atom. The van der Waals surface area contributed by atoms with Gasteiger partial charge in [0.05, 0.1) is 12.5 Å². The monoisotopic (exact) mass is 293 g/mol. The molecular weight excluding hydrogens is 274 g/mol. The van der Waals surface area contributed by atoms with Crippen molar-refractivity contribution in [2.75, 3.05) is 11.4 Å². The highest BCUT2D eigenvalue weighted by Crippen LogP contribution is 2.17. The van der Waals surface area contributed by atoms with E-state index < -0.39 is 0 Å². The van der Waals surface area contributed by atoms with Gasteiger partial charge in [0.15, 0.2) is 0 Å². The van der Waals surface area contributed by atoms with Gasteiger partial charge in [0.2, 0.25) is 5.91 Å². The lowest BCUT2D eigenvalue weighted by Crippen LogP contribution is -2.32. The van der Waals surface area contributed by atoms with Gasteiger partial charge in [-0.25, -0.2) is 0 Å². The molecule has 2 aromatic rings. The van der Waals surface area contributed by atoms with Gasteiger partial charge in [-0.1, -0.05) is 17.7 Å². The van der Waals surface area contributed by atoms with Crippen LogP contribution < -0.4 is 4.90 Å². The van der Waals surface area contributed by atoms with Crippen LogP contribution in [0.25, 0.3) is 0 Å². The lowest BCUT2D eigenvalue weighted by molar-refractivity contribution is -0.118. The number of rotatable bonds is 6. The number of nitrogens with zero attached hydrogens (tertiary/aromatic N) is 3. The van der Waals surface area contributed by atoms with Crippen molar-refractivity contribution in [1.82, 2.24) is 4.98 Å². The summed E-state index contributed by atoms with van der Waals surface area (Å²) >= 11 is 0. The molecule has 0 aliphatic carbocycles. The molecule has 0 aliphatic heterocycles. The number of carbonyl (C=O) groups excluding carboxylic acids is 1. The van der Waals surface area contributed by atoms with E-state index in [-0.39, 0.29) is 5.91 Å². The van der Waals surface area contributed by atoms with Crippen molar-refractivity contribution in [3.05, 3.63) is 59.9 Å². The quantitative estimate of drug-likeness (QED) is 0.821. The maximum absolute atomic E-state index is 12.5. The maximum Gasteiger partial charge on any atom is 0.227 e. The fourth-order valence-electron chi connectivity index (χ4n) is 2.22. The van der Waals surface area contributed by atoms with Crippen molar-refractivity contribution in [1.29, 1.82) is 5.26 Å². The minimum absolute atomic E-state index is 0.0379. The summed E-state index contributed by atoms with van der Waals surface area (Å²) in [6.07, 6.45) is 4.88. The highest BCUT2D eigenvalue weighted by Gasteiger charge is 2.15. The van der Waals surface area contributed by atoms with Crippen LogP contribution in [-0.2, 0) is 11.2 Å². The number of carbonyl (C=O) groups is 1. The molecule has 4 heteroatoms. The number of hydrogen-bond acceptors (Lipinski definition) is 3. The first-order valence-corrected chi connectivity index (χ1v) is 7.33. The molecular formula is C18H19N3O. The summed E-state index contributed by atoms with van der Waals surface area (Å²) in [7, 11) is 0. The van der Waals surface area contributed by atoms with Crippen molar-refractivity contribution in [2.45, 2.75) is 26.2 Å². The van der Waals surface area contributed by atoms with E-state index in [1.54, 1.807) is 17.3 Å². The highest BCUT2D eigenvalue weighted by atomic mass is 16.2. The molecule has 0 unspecified atom stereocenters. The van der Waals surface area contributed by atoms with E-state index in [1.807, 2.05) is 43.3 Å². The Balaban J connectivity index is 2.06. The zero-order valence-electron chi connectivity index (χ0n) is 12.7. The molecule has 1 aromatic carbocycles. The minimum atomic E-state index is 0.0379. The molecule has 0 saturated heterocycles. The molecule has 2 rings (SSSR count). The smallest absolute Gasteiger partial charge is 0.227 e. The van der Waals surface area contributed by atoms with E-state index in [2.05, 4.69) is 11.1 Å². The molecule has 4 nitrogen and oxygen atoms in total. The molecule has 0 radical (unpaired) electrons. The van der Waals surface area contributed by atoms with Crippen molar-refractivity contribution in [3.8, 4) is 6.07 Å². The Labute approximate surface area is 131 Å². The molecule has 112 valence electrons. The molecule has 0 saturated carbocycles. The molecule has 0 spiro atoms. The normalized spacial score (nSPS) is 10.0. The third kappa shape index (κ3) is 4.42. The molecule has 1 amide bonds. The Morgan fingerprint density at radius 1 is 1.18 bits per heavy atom. The zero-order chi connectivity index (χ0) is 15.8. The van der Waals surface area contributed by atoms with Crippen LogP contribution in [0.4, 0.5) is 5.69 Å². The van der Waals surface area contributed by atoms with Crippen LogP contribution in [0.15, 0.2) is 48.8 Å². The van der Waals surface area contributed by atoms with E-state index in [1.165, 1.54) is 0 Å². The van der Waals surface area contributed by atoms with Crippen molar-refractivity contribution >= 4 is 11.6 Å². The van der Waals surface area contributed by atoms with Crippen LogP contribution in [0.1, 0.15) is 24.0 Å². The summed E-state index contributed by atoms with van der Waals surface area (Å²) < 4.78 is 0. The second-order valence-electron chi connectivity index (χ2n) is 5.14. The molecule has 0 fully saturated rings. The Bertz CT molecular complexity index is 644. The molecule has 0 atom stereocenters. The molecule has 0 N–H and O–H groups in total. The van der Waals surface area contributed by atoms with Gasteiger partial charge in [0, 0.05) is 31.0 Å². The van der Waals surface area contributed by atoms with E-state index in [0.29, 0.717) is 25.8 Å². The Hall–Kier alpha value is -2.67. The number of hydrogen-bond donors (Lipinski definition) is 0. The summed E-state index contributed by atoms with van der Waals surface area (Å²) in [6.45, 7) is 2.43. The Kier molecular flexibility index (Phi) is 5.67. The number of pyridine rings is 1. The minimum Gasteiger partial charge on any atom is -0.311 e. The molecule has 0 aliphatic rings. The van der Waals surface area contributed by atoms with Gasteiger partial charge in [-0.3, -0.25) is 9.78 Å². The summed E-state index contributed by atoms with van der Waals surface area (Å²) in [5, 5.41) is 8.80. The summed E-state index contributed by atoms with van der Waals surface area (Å²) in [6, 6.07) is 13.7. The molecule has 1 heterocycles. The van der Waals surface area contributed by atoms with Gasteiger partial charge in [0.25, 0.3) is 0 Å². The van der Waals surface area contributed by atoms with Gasteiger partial charge in [-0.05, 0) is 43.2 Å². The van der Waals surface area contributed by atoms with E-state index in [9.17, 15) is 4.79 Å². The topological polar surface area (TPSA) is 57.0 Å². The number of benzene rings is 1. The first kappa shape index (κ1) is 15.7. The van der Waals surface area contributed by atoms with Crippen molar-refractivity contribution < 1.29 is 4.79 Å². The van der Waals surface area contributed by atoms with Gasteiger partial charge < -0.3 is 4.90 Å². The van der Waals surface area contributed by atoms with Crippen LogP contribution >= 0.6 is 0 Å². The average molecular weight is 293 g/mol. The SMILES string of the molecule is Cc1ccc(N(CCC#N)C(=O)CCc2ccncc2)cc1. The van der Waals surface area contributed by atoms with E-state index in [0.717, 1.165) is 16.8 Å². The van der Waals surface area contributed by atoms with Gasteiger partial charge in [-0.15, -0.1) is 0 Å².